The van der Waals surface area contributed by atoms with Gasteiger partial charge in [-0.1, -0.05) is 18.2 Å². The average Bonchev–Trinajstić information content (AvgIpc) is 3.36. The van der Waals surface area contributed by atoms with Gasteiger partial charge in [0.25, 0.3) is 11.8 Å². The number of rotatable bonds is 9. The molecule has 1 aromatic heterocycles. The van der Waals surface area contributed by atoms with Gasteiger partial charge in [0.1, 0.15) is 23.0 Å². The molecule has 2 aromatic carbocycles. The highest BCUT2D eigenvalue weighted by molar-refractivity contribution is 6.05. The summed E-state index contributed by atoms with van der Waals surface area (Å²) in [6, 6.07) is 18.0. The van der Waals surface area contributed by atoms with Crippen LogP contribution >= 0.6 is 0 Å². The maximum absolute atomic E-state index is 13.2. The summed E-state index contributed by atoms with van der Waals surface area (Å²) in [6.07, 6.45) is 2.27. The minimum absolute atomic E-state index is 0.0743. The zero-order valence-corrected chi connectivity index (χ0v) is 19.3. The third kappa shape index (κ3) is 7.11. The highest BCUT2D eigenvalue weighted by Gasteiger charge is 2.16. The summed E-state index contributed by atoms with van der Waals surface area (Å²) in [4.78, 5) is 28.0. The van der Waals surface area contributed by atoms with Gasteiger partial charge >= 0.3 is 0 Å². The van der Waals surface area contributed by atoms with Gasteiger partial charge in [-0.25, -0.2) is 4.39 Å². The van der Waals surface area contributed by atoms with Crippen molar-refractivity contribution in [1.82, 2.24) is 15.5 Å². The second kappa shape index (κ2) is 12.1. The van der Waals surface area contributed by atoms with Gasteiger partial charge in [-0.05, 0) is 61.5 Å². The number of furan rings is 1. The molecule has 0 spiro atoms. The van der Waals surface area contributed by atoms with Crippen LogP contribution in [0.25, 0.3) is 17.4 Å². The second-order valence-corrected chi connectivity index (χ2v) is 8.15. The maximum atomic E-state index is 13.2. The Hall–Kier alpha value is -3.75. The third-order valence-electron chi connectivity index (χ3n) is 5.61. The molecule has 1 aliphatic rings. The standard InChI is InChI=1S/C27H28FN3O4/c28-22-9-7-20(8-10-22)25-12-11-23(35-25)19-24(30-26(32)21-5-2-1-3-6-21)27(33)29-13-4-14-31-15-17-34-18-16-31/h1-3,5-12,19H,4,13-18H2,(H,29,33)(H,30,32). The molecule has 0 radical (unpaired) electrons. The van der Waals surface area contributed by atoms with Crippen LogP contribution in [0.5, 0.6) is 0 Å². The fraction of sp³-hybridized carbons (Fsp3) is 0.259. The van der Waals surface area contributed by atoms with Gasteiger partial charge in [-0.2, -0.15) is 0 Å². The zero-order valence-electron chi connectivity index (χ0n) is 19.3. The largest absolute Gasteiger partial charge is 0.457 e. The molecule has 0 unspecified atom stereocenters. The molecule has 35 heavy (non-hydrogen) atoms. The van der Waals surface area contributed by atoms with Gasteiger partial charge in [0.15, 0.2) is 0 Å². The van der Waals surface area contributed by atoms with Gasteiger partial charge in [0.05, 0.1) is 13.2 Å². The number of hydrogen-bond acceptors (Lipinski definition) is 5. The van der Waals surface area contributed by atoms with Crippen LogP contribution in [-0.4, -0.2) is 56.1 Å². The van der Waals surface area contributed by atoms with Crippen molar-refractivity contribution in [3.63, 3.8) is 0 Å². The molecule has 0 bridgehead atoms. The van der Waals surface area contributed by atoms with Crippen LogP contribution in [0.4, 0.5) is 4.39 Å². The lowest BCUT2D eigenvalue weighted by Crippen LogP contribution is -2.39. The number of halogens is 1. The molecule has 7 nitrogen and oxygen atoms in total. The summed E-state index contributed by atoms with van der Waals surface area (Å²) in [6.45, 7) is 4.57. The smallest absolute Gasteiger partial charge is 0.267 e. The average molecular weight is 478 g/mol. The van der Waals surface area contributed by atoms with E-state index in [9.17, 15) is 14.0 Å². The molecule has 0 atom stereocenters. The van der Waals surface area contributed by atoms with E-state index in [2.05, 4.69) is 15.5 Å². The number of nitrogens with one attached hydrogen (secondary N) is 2. The third-order valence-corrected chi connectivity index (χ3v) is 5.61. The Bertz CT molecular complexity index is 1150. The van der Waals surface area contributed by atoms with E-state index in [1.807, 2.05) is 6.07 Å². The monoisotopic (exact) mass is 477 g/mol. The predicted molar refractivity (Wildman–Crippen MR) is 131 cm³/mol. The normalized spacial score (nSPS) is 14.5. The topological polar surface area (TPSA) is 83.8 Å². The molecule has 1 saturated heterocycles. The molecule has 3 aromatic rings. The van der Waals surface area contributed by atoms with E-state index >= 15 is 0 Å². The first kappa shape index (κ1) is 24.4. The van der Waals surface area contributed by atoms with Crippen molar-refractivity contribution in [2.75, 3.05) is 39.4 Å². The van der Waals surface area contributed by atoms with E-state index in [0.717, 1.165) is 39.3 Å². The van der Waals surface area contributed by atoms with E-state index in [4.69, 9.17) is 9.15 Å². The van der Waals surface area contributed by atoms with Crippen molar-refractivity contribution >= 4 is 17.9 Å². The van der Waals surface area contributed by atoms with Crippen LogP contribution in [0.3, 0.4) is 0 Å². The molecule has 1 aliphatic heterocycles. The number of carbonyl (C=O) groups is 2. The van der Waals surface area contributed by atoms with Crippen LogP contribution in [0.15, 0.2) is 76.8 Å². The Morgan fingerprint density at radius 3 is 2.46 bits per heavy atom. The maximum Gasteiger partial charge on any atom is 0.267 e. The molecule has 0 saturated carbocycles. The van der Waals surface area contributed by atoms with Crippen LogP contribution in [0.1, 0.15) is 22.5 Å². The minimum atomic E-state index is -0.406. The fourth-order valence-corrected chi connectivity index (χ4v) is 3.71. The Morgan fingerprint density at radius 2 is 1.71 bits per heavy atom. The number of carbonyl (C=O) groups excluding carboxylic acids is 2. The van der Waals surface area contributed by atoms with Crippen LogP contribution in [-0.2, 0) is 9.53 Å². The number of morpholine rings is 1. The van der Waals surface area contributed by atoms with Gasteiger partial charge in [0, 0.05) is 36.8 Å². The highest BCUT2D eigenvalue weighted by atomic mass is 19.1. The van der Waals surface area contributed by atoms with Crippen molar-refractivity contribution in [2.24, 2.45) is 0 Å². The first-order valence-electron chi connectivity index (χ1n) is 11.6. The molecule has 182 valence electrons. The van der Waals surface area contributed by atoms with E-state index < -0.39 is 11.8 Å². The molecular weight excluding hydrogens is 449 g/mol. The number of hydrogen-bond donors (Lipinski definition) is 2. The quantitative estimate of drug-likeness (QED) is 0.363. The van der Waals surface area contributed by atoms with Crippen LogP contribution in [0.2, 0.25) is 0 Å². The number of ether oxygens (including phenoxy) is 1. The van der Waals surface area contributed by atoms with E-state index in [1.165, 1.54) is 18.2 Å². The lowest BCUT2D eigenvalue weighted by molar-refractivity contribution is -0.117. The van der Waals surface area contributed by atoms with Gasteiger partial charge in [-0.15, -0.1) is 0 Å². The summed E-state index contributed by atoms with van der Waals surface area (Å²) < 4.78 is 24.4. The Labute approximate surface area is 203 Å². The van der Waals surface area contributed by atoms with Crippen molar-refractivity contribution in [3.05, 3.63) is 89.6 Å². The first-order valence-corrected chi connectivity index (χ1v) is 11.6. The Morgan fingerprint density at radius 1 is 0.971 bits per heavy atom. The molecular formula is C27H28FN3O4. The molecule has 2 N–H and O–H groups in total. The van der Waals surface area contributed by atoms with Crippen molar-refractivity contribution in [3.8, 4) is 11.3 Å². The molecule has 8 heteroatoms. The van der Waals surface area contributed by atoms with E-state index in [1.54, 1.807) is 48.5 Å². The summed E-state index contributed by atoms with van der Waals surface area (Å²) in [5.41, 5.74) is 1.21. The van der Waals surface area contributed by atoms with Gasteiger partial charge < -0.3 is 19.8 Å². The summed E-state index contributed by atoms with van der Waals surface area (Å²) >= 11 is 0. The molecule has 1 fully saturated rings. The fourth-order valence-electron chi connectivity index (χ4n) is 3.71. The highest BCUT2D eigenvalue weighted by Crippen LogP contribution is 2.23. The second-order valence-electron chi connectivity index (χ2n) is 8.15. The van der Waals surface area contributed by atoms with E-state index in [0.29, 0.717) is 29.2 Å². The number of amides is 2. The van der Waals surface area contributed by atoms with Gasteiger partial charge in [-0.3, -0.25) is 14.5 Å². The molecule has 0 aliphatic carbocycles. The minimum Gasteiger partial charge on any atom is -0.457 e. The lowest BCUT2D eigenvalue weighted by atomic mass is 10.2. The van der Waals surface area contributed by atoms with E-state index in [-0.39, 0.29) is 11.5 Å². The zero-order chi connectivity index (χ0) is 24.5. The molecule has 2 amide bonds. The predicted octanol–water partition coefficient (Wildman–Crippen LogP) is 3.70. The van der Waals surface area contributed by atoms with Gasteiger partial charge in [0.2, 0.25) is 0 Å². The summed E-state index contributed by atoms with van der Waals surface area (Å²) in [7, 11) is 0. The molecule has 4 rings (SSSR count). The van der Waals surface area contributed by atoms with Crippen molar-refractivity contribution in [2.45, 2.75) is 6.42 Å². The lowest BCUT2D eigenvalue weighted by Gasteiger charge is -2.26. The SMILES string of the molecule is O=C(NCCCN1CCOCC1)C(=Cc1ccc(-c2ccc(F)cc2)o1)NC(=O)c1ccccc1. The molecule has 2 heterocycles. The Balaban J connectivity index is 1.45. The van der Waals surface area contributed by atoms with Crippen molar-refractivity contribution in [1.29, 1.82) is 0 Å². The number of nitrogens with zero attached hydrogens (tertiary/aromatic N) is 1. The first-order chi connectivity index (χ1) is 17.1. The number of benzene rings is 2. The van der Waals surface area contributed by atoms with Crippen LogP contribution in [0, 0.1) is 5.82 Å². The summed E-state index contributed by atoms with van der Waals surface area (Å²) in [5.74, 6) is -0.231. The Kier molecular flexibility index (Phi) is 8.43. The van der Waals surface area contributed by atoms with Crippen LogP contribution < -0.4 is 10.6 Å². The van der Waals surface area contributed by atoms with Crippen molar-refractivity contribution < 1.29 is 23.1 Å². The summed E-state index contributed by atoms with van der Waals surface area (Å²) in [5, 5.41) is 5.58.